The van der Waals surface area contributed by atoms with Crippen LogP contribution in [0.1, 0.15) is 10.5 Å². The number of aromatic nitrogens is 1. The summed E-state index contributed by atoms with van der Waals surface area (Å²) in [4.78, 5) is 23.5. The Labute approximate surface area is 121 Å². The van der Waals surface area contributed by atoms with Crippen molar-refractivity contribution in [3.05, 3.63) is 66.5 Å². The van der Waals surface area contributed by atoms with Gasteiger partial charge in [-0.1, -0.05) is 49.0 Å². The van der Waals surface area contributed by atoms with Crippen molar-refractivity contribution in [2.24, 2.45) is 0 Å². The van der Waals surface area contributed by atoms with E-state index in [0.717, 1.165) is 16.6 Å². The van der Waals surface area contributed by atoms with Crippen molar-refractivity contribution < 1.29 is 9.59 Å². The third-order valence-corrected chi connectivity index (χ3v) is 3.38. The highest BCUT2D eigenvalue weighted by molar-refractivity contribution is 7.99. The van der Waals surface area contributed by atoms with Gasteiger partial charge in [-0.3, -0.25) is 9.59 Å². The lowest BCUT2D eigenvalue weighted by Gasteiger charge is -2.03. The predicted molar refractivity (Wildman–Crippen MR) is 81.2 cm³/mol. The number of rotatable bonds is 3. The van der Waals surface area contributed by atoms with Crippen molar-refractivity contribution in [2.45, 2.75) is 0 Å². The highest BCUT2D eigenvalue weighted by atomic mass is 32.1. The molecule has 0 aliphatic carbocycles. The first-order valence-corrected chi connectivity index (χ1v) is 6.56. The molecule has 0 radical (unpaired) electrons. The van der Waals surface area contributed by atoms with Crippen LogP contribution >= 0.6 is 12.6 Å². The molecule has 4 heteroatoms. The molecule has 3 rings (SSSR count). The maximum atomic E-state index is 12.2. The number of nitrogens with zero attached hydrogens (tertiary/aromatic N) is 1. The third kappa shape index (κ3) is 2.04. The summed E-state index contributed by atoms with van der Waals surface area (Å²) in [7, 11) is 0. The maximum absolute atomic E-state index is 12.2. The van der Waals surface area contributed by atoms with Gasteiger partial charge in [0.2, 0.25) is 0 Å². The van der Waals surface area contributed by atoms with Gasteiger partial charge in [0, 0.05) is 17.3 Å². The van der Waals surface area contributed by atoms with Crippen LogP contribution in [-0.2, 0) is 4.79 Å². The second-order valence-corrected chi connectivity index (χ2v) is 4.81. The highest BCUT2D eigenvalue weighted by Gasteiger charge is 2.22. The quantitative estimate of drug-likeness (QED) is 0.455. The van der Waals surface area contributed by atoms with E-state index in [-0.39, 0.29) is 0 Å². The van der Waals surface area contributed by atoms with E-state index < -0.39 is 10.9 Å². The Bertz CT molecular complexity index is 806. The van der Waals surface area contributed by atoms with Gasteiger partial charge in [0.15, 0.2) is 0 Å². The largest absolute Gasteiger partial charge is 0.313 e. The zero-order valence-corrected chi connectivity index (χ0v) is 11.4. The second-order valence-electron chi connectivity index (χ2n) is 4.40. The van der Waals surface area contributed by atoms with E-state index in [2.05, 4.69) is 12.6 Å². The summed E-state index contributed by atoms with van der Waals surface area (Å²) < 4.78 is 1.72. The van der Waals surface area contributed by atoms with Crippen molar-refractivity contribution in [2.75, 3.05) is 0 Å². The van der Waals surface area contributed by atoms with Crippen molar-refractivity contribution in [3.8, 4) is 11.1 Å². The first-order valence-electron chi connectivity index (χ1n) is 6.11. The zero-order valence-electron chi connectivity index (χ0n) is 10.5. The molecule has 0 atom stereocenters. The average Bonchev–Trinajstić information content (AvgIpc) is 2.86. The summed E-state index contributed by atoms with van der Waals surface area (Å²) in [5, 5.41) is -0.758. The van der Waals surface area contributed by atoms with Crippen molar-refractivity contribution >= 4 is 29.0 Å². The number of carbonyl (C=O) groups excluding carboxylic acids is 2. The number of thiol groups is 1. The van der Waals surface area contributed by atoms with E-state index in [1.165, 1.54) is 0 Å². The molecule has 0 aliphatic rings. The number of carbonyl (C=O) groups is 2. The fourth-order valence-corrected chi connectivity index (χ4v) is 2.40. The molecule has 1 aromatic carbocycles. The van der Waals surface area contributed by atoms with Gasteiger partial charge in [-0.25, -0.2) is 0 Å². The first-order chi connectivity index (χ1) is 9.68. The van der Waals surface area contributed by atoms with Crippen molar-refractivity contribution in [1.29, 1.82) is 0 Å². The number of hydrogen-bond acceptors (Lipinski definition) is 2. The highest BCUT2D eigenvalue weighted by Crippen LogP contribution is 2.28. The summed E-state index contributed by atoms with van der Waals surface area (Å²) >= 11 is 3.66. The van der Waals surface area contributed by atoms with Gasteiger partial charge >= 0.3 is 0 Å². The minimum absolute atomic E-state index is 0.354. The van der Waals surface area contributed by atoms with E-state index in [1.807, 2.05) is 54.6 Å². The monoisotopic (exact) mass is 281 g/mol. The third-order valence-electron chi connectivity index (χ3n) is 3.17. The molecule has 0 saturated carbocycles. The molecule has 0 saturated heterocycles. The summed E-state index contributed by atoms with van der Waals surface area (Å²) in [5.74, 6) is -0.599. The van der Waals surface area contributed by atoms with Crippen LogP contribution < -0.4 is 0 Å². The van der Waals surface area contributed by atoms with Crippen LogP contribution in [0.2, 0.25) is 0 Å². The second kappa shape index (κ2) is 4.98. The van der Waals surface area contributed by atoms with Gasteiger partial charge in [-0.2, -0.15) is 0 Å². The minimum atomic E-state index is -0.758. The molecule has 0 amide bonds. The molecule has 2 heterocycles. The van der Waals surface area contributed by atoms with Crippen molar-refractivity contribution in [1.82, 2.24) is 4.40 Å². The Morgan fingerprint density at radius 1 is 0.950 bits per heavy atom. The Morgan fingerprint density at radius 2 is 1.65 bits per heavy atom. The maximum Gasteiger partial charge on any atom is 0.258 e. The fourth-order valence-electron chi connectivity index (χ4n) is 2.29. The number of pyridine rings is 1. The standard InChI is InChI=1S/C16H11NO2S/c18-15(16(19)20)14-13(11-6-2-1-3-7-11)10-12-8-4-5-9-17(12)14/h1-10H,(H,19,20). The van der Waals surface area contributed by atoms with E-state index in [0.29, 0.717) is 5.69 Å². The molecule has 0 bridgehead atoms. The summed E-state index contributed by atoms with van der Waals surface area (Å²) in [6.07, 6.45) is 1.77. The molecule has 0 spiro atoms. The molecule has 98 valence electrons. The van der Waals surface area contributed by atoms with Gasteiger partial charge in [-0.15, -0.1) is 0 Å². The zero-order chi connectivity index (χ0) is 14.1. The van der Waals surface area contributed by atoms with Gasteiger partial charge in [0.25, 0.3) is 10.9 Å². The number of Topliss-reactive ketones (excluding diaryl/α,β-unsaturated/α-hetero) is 1. The lowest BCUT2D eigenvalue weighted by Crippen LogP contribution is -2.11. The average molecular weight is 281 g/mol. The van der Waals surface area contributed by atoms with Crippen molar-refractivity contribution in [3.63, 3.8) is 0 Å². The Kier molecular flexibility index (Phi) is 3.16. The molecule has 3 nitrogen and oxygen atoms in total. The van der Waals surface area contributed by atoms with Crippen LogP contribution in [0.3, 0.4) is 0 Å². The number of ketones is 1. The summed E-state index contributed by atoms with van der Waals surface area (Å²) in [6, 6.07) is 17.0. The van der Waals surface area contributed by atoms with Gasteiger partial charge in [0.1, 0.15) is 5.69 Å². The first kappa shape index (κ1) is 12.7. The minimum Gasteiger partial charge on any atom is -0.313 e. The smallest absolute Gasteiger partial charge is 0.258 e. The molecule has 0 aliphatic heterocycles. The molecule has 0 unspecified atom stereocenters. The number of hydrogen-bond donors (Lipinski definition) is 1. The molecule has 3 aromatic rings. The van der Waals surface area contributed by atoms with E-state index >= 15 is 0 Å². The van der Waals surface area contributed by atoms with Crippen LogP contribution in [0.4, 0.5) is 0 Å². The molecule has 0 fully saturated rings. The predicted octanol–water partition coefficient (Wildman–Crippen LogP) is 3.25. The van der Waals surface area contributed by atoms with Crippen LogP contribution in [0.25, 0.3) is 16.6 Å². The number of fused-ring (bicyclic) bond motifs is 1. The topological polar surface area (TPSA) is 38.5 Å². The van der Waals surface area contributed by atoms with Crippen LogP contribution in [0.15, 0.2) is 60.8 Å². The van der Waals surface area contributed by atoms with Gasteiger partial charge in [-0.05, 0) is 23.8 Å². The normalized spacial score (nSPS) is 10.7. The summed E-state index contributed by atoms with van der Waals surface area (Å²) in [5.41, 5.74) is 2.86. The lowest BCUT2D eigenvalue weighted by atomic mass is 10.0. The Balaban J connectivity index is 2.34. The molecule has 2 aromatic heterocycles. The Hall–Kier alpha value is -2.33. The lowest BCUT2D eigenvalue weighted by molar-refractivity contribution is -0.107. The van der Waals surface area contributed by atoms with Gasteiger partial charge < -0.3 is 4.40 Å². The van der Waals surface area contributed by atoms with Crippen LogP contribution in [0, 0.1) is 0 Å². The van der Waals surface area contributed by atoms with Crippen LogP contribution in [0.5, 0.6) is 0 Å². The van der Waals surface area contributed by atoms with Gasteiger partial charge in [0.05, 0.1) is 0 Å². The Morgan fingerprint density at radius 3 is 2.35 bits per heavy atom. The van der Waals surface area contributed by atoms with E-state index in [9.17, 15) is 9.59 Å². The molecular weight excluding hydrogens is 270 g/mol. The molecule has 20 heavy (non-hydrogen) atoms. The molecular formula is C16H11NO2S. The van der Waals surface area contributed by atoms with E-state index in [4.69, 9.17) is 0 Å². The van der Waals surface area contributed by atoms with E-state index in [1.54, 1.807) is 10.6 Å². The van der Waals surface area contributed by atoms with Crippen LogP contribution in [-0.4, -0.2) is 15.3 Å². The fraction of sp³-hybridized carbons (Fsp3) is 0. The summed E-state index contributed by atoms with van der Waals surface area (Å²) in [6.45, 7) is 0. The molecule has 0 N–H and O–H groups in total. The number of benzene rings is 1. The SMILES string of the molecule is O=C(S)C(=O)c1c(-c2ccccc2)cc2ccccn12.